The van der Waals surface area contributed by atoms with Gasteiger partial charge in [-0.1, -0.05) is 33.3 Å². The number of hydrogen-bond acceptors (Lipinski definition) is 6. The minimum Gasteiger partial charge on any atom is -0.493 e. The maximum Gasteiger partial charge on any atom is 0.303 e. The van der Waals surface area contributed by atoms with Gasteiger partial charge in [-0.3, -0.25) is 9.59 Å². The summed E-state index contributed by atoms with van der Waals surface area (Å²) in [6.45, 7) is 7.53. The third-order valence-electron chi connectivity index (χ3n) is 7.61. The average molecular weight is 548 g/mol. The molecule has 5 rings (SSSR count). The van der Waals surface area contributed by atoms with E-state index >= 15 is 0 Å². The lowest BCUT2D eigenvalue weighted by Gasteiger charge is -2.26. The summed E-state index contributed by atoms with van der Waals surface area (Å²) in [5.74, 6) is 1.30. The van der Waals surface area contributed by atoms with Gasteiger partial charge in [0.05, 0.1) is 30.2 Å². The van der Waals surface area contributed by atoms with Gasteiger partial charge in [0.1, 0.15) is 16.5 Å². The number of carbonyl (C=O) groups is 2. The van der Waals surface area contributed by atoms with Crippen molar-refractivity contribution in [3.05, 3.63) is 63.7 Å². The summed E-state index contributed by atoms with van der Waals surface area (Å²) in [4.78, 5) is 29.4. The number of hydrogen-bond donors (Lipinski definition) is 1. The zero-order valence-corrected chi connectivity index (χ0v) is 23.9. The van der Waals surface area contributed by atoms with Gasteiger partial charge in [0.2, 0.25) is 0 Å². The summed E-state index contributed by atoms with van der Waals surface area (Å²) >= 11 is 1.52. The first kappa shape index (κ1) is 27.4. The molecule has 1 atom stereocenters. The Morgan fingerprint density at radius 2 is 1.95 bits per heavy atom. The highest BCUT2D eigenvalue weighted by Gasteiger charge is 2.34. The highest BCUT2D eigenvalue weighted by atomic mass is 32.1. The summed E-state index contributed by atoms with van der Waals surface area (Å²) in [6.07, 6.45) is 6.08. The van der Waals surface area contributed by atoms with Crippen LogP contribution in [0.2, 0.25) is 0 Å². The van der Waals surface area contributed by atoms with Crippen molar-refractivity contribution in [3.63, 3.8) is 0 Å². The van der Waals surface area contributed by atoms with Crippen LogP contribution in [0.25, 0.3) is 10.6 Å². The molecule has 1 N–H and O–H groups in total. The quantitative estimate of drug-likeness (QED) is 0.254. The van der Waals surface area contributed by atoms with Gasteiger partial charge in [0.25, 0.3) is 0 Å². The normalized spacial score (nSPS) is 17.5. The lowest BCUT2D eigenvalue weighted by Crippen LogP contribution is -2.25. The third kappa shape index (κ3) is 6.35. The molecule has 6 nitrogen and oxygen atoms in total. The Hall–Kier alpha value is -3.19. The third-order valence-corrected chi connectivity index (χ3v) is 8.80. The Labute approximate surface area is 234 Å². The molecule has 0 fully saturated rings. The first-order chi connectivity index (χ1) is 18.7. The Morgan fingerprint density at radius 3 is 2.74 bits per heavy atom. The van der Waals surface area contributed by atoms with Gasteiger partial charge in [0.15, 0.2) is 5.78 Å². The summed E-state index contributed by atoms with van der Waals surface area (Å²) < 4.78 is 12.1. The number of aryl methyl sites for hydroxylation is 2. The van der Waals surface area contributed by atoms with E-state index in [-0.39, 0.29) is 23.5 Å². The van der Waals surface area contributed by atoms with E-state index < -0.39 is 5.97 Å². The van der Waals surface area contributed by atoms with Crippen molar-refractivity contribution in [2.75, 3.05) is 13.2 Å². The second-order valence-corrected chi connectivity index (χ2v) is 12.6. The summed E-state index contributed by atoms with van der Waals surface area (Å²) in [6, 6.07) is 12.3. The molecule has 0 aliphatic heterocycles. The van der Waals surface area contributed by atoms with Crippen molar-refractivity contribution in [3.8, 4) is 22.1 Å². The zero-order chi connectivity index (χ0) is 27.6. The molecule has 0 saturated heterocycles. The van der Waals surface area contributed by atoms with Crippen LogP contribution in [-0.4, -0.2) is 35.1 Å². The van der Waals surface area contributed by atoms with Crippen LogP contribution in [0.4, 0.5) is 0 Å². The minimum absolute atomic E-state index is 0.0320. The fourth-order valence-electron chi connectivity index (χ4n) is 5.79. The topological polar surface area (TPSA) is 85.7 Å². The first-order valence-corrected chi connectivity index (χ1v) is 14.8. The number of carboxylic acids is 1. The highest BCUT2D eigenvalue weighted by Crippen LogP contribution is 2.40. The number of benzene rings is 2. The number of fused-ring (bicyclic) bond motifs is 2. The van der Waals surface area contributed by atoms with E-state index in [0.717, 1.165) is 82.3 Å². The molecule has 2 aromatic carbocycles. The number of carboxylic acid groups (broad SMARTS) is 1. The number of Topliss-reactive ketones (excluding diaryl/α,β-unsaturated/α-hetero) is 1. The van der Waals surface area contributed by atoms with Crippen LogP contribution in [0.1, 0.15) is 90.8 Å². The van der Waals surface area contributed by atoms with Crippen molar-refractivity contribution in [2.45, 2.75) is 78.1 Å². The summed E-state index contributed by atoms with van der Waals surface area (Å²) in [5, 5.41) is 10.0. The Kier molecular flexibility index (Phi) is 8.08. The molecule has 1 heterocycles. The van der Waals surface area contributed by atoms with Crippen LogP contribution in [0.5, 0.6) is 11.5 Å². The average Bonchev–Trinajstić information content (AvgIpc) is 3.48. The smallest absolute Gasteiger partial charge is 0.303 e. The van der Waals surface area contributed by atoms with Crippen LogP contribution in [0, 0.1) is 5.41 Å². The maximum atomic E-state index is 12.6. The van der Waals surface area contributed by atoms with Gasteiger partial charge in [-0.15, -0.1) is 11.3 Å². The predicted octanol–water partition coefficient (Wildman–Crippen LogP) is 7.27. The van der Waals surface area contributed by atoms with Crippen molar-refractivity contribution in [1.82, 2.24) is 4.98 Å². The summed E-state index contributed by atoms with van der Waals surface area (Å²) in [5.41, 5.74) is 5.46. The maximum absolute atomic E-state index is 12.6. The standard InChI is InChI=1S/C32H37NO5S/c1-4-6-22-15-23(31-33-26-18-32(2,3)19-27(34)30(26)39-31)9-12-28(22)38-14-5-13-37-24-10-11-25-20(16-24)7-8-21(25)17-29(35)36/h9-12,15-16,21H,4-8,13-14,17-19H2,1-3H3,(H,35,36)/t21-/m0/s1. The van der Waals surface area contributed by atoms with E-state index in [9.17, 15) is 9.59 Å². The number of aliphatic carboxylic acids is 1. The molecule has 39 heavy (non-hydrogen) atoms. The largest absolute Gasteiger partial charge is 0.493 e. The fraction of sp³-hybridized carbons (Fsp3) is 0.469. The fourth-order valence-corrected chi connectivity index (χ4v) is 6.80. The summed E-state index contributed by atoms with van der Waals surface area (Å²) in [7, 11) is 0. The molecule has 0 unspecified atom stereocenters. The van der Waals surface area contributed by atoms with Crippen molar-refractivity contribution in [2.24, 2.45) is 5.41 Å². The van der Waals surface area contributed by atoms with Crippen LogP contribution in [0.3, 0.4) is 0 Å². The van der Waals surface area contributed by atoms with E-state index in [1.807, 2.05) is 24.3 Å². The molecule has 2 aliphatic carbocycles. The number of nitrogens with zero attached hydrogens (tertiary/aromatic N) is 1. The monoisotopic (exact) mass is 547 g/mol. The predicted molar refractivity (Wildman–Crippen MR) is 153 cm³/mol. The number of ketones is 1. The molecule has 0 bridgehead atoms. The van der Waals surface area contributed by atoms with Gasteiger partial charge in [-0.05, 0) is 84.0 Å². The van der Waals surface area contributed by atoms with Gasteiger partial charge >= 0.3 is 5.97 Å². The molecule has 7 heteroatoms. The van der Waals surface area contributed by atoms with E-state index in [4.69, 9.17) is 19.6 Å². The lowest BCUT2D eigenvalue weighted by molar-refractivity contribution is -0.137. The first-order valence-electron chi connectivity index (χ1n) is 14.0. The molecule has 1 aromatic heterocycles. The van der Waals surface area contributed by atoms with E-state index in [1.54, 1.807) is 0 Å². The van der Waals surface area contributed by atoms with Crippen LogP contribution >= 0.6 is 11.3 Å². The molecule has 3 aromatic rings. The second kappa shape index (κ2) is 11.5. The van der Waals surface area contributed by atoms with Crippen LogP contribution < -0.4 is 9.47 Å². The molecule has 2 aliphatic rings. The van der Waals surface area contributed by atoms with Crippen LogP contribution in [0.15, 0.2) is 36.4 Å². The highest BCUT2D eigenvalue weighted by molar-refractivity contribution is 7.17. The van der Waals surface area contributed by atoms with Gasteiger partial charge in [-0.25, -0.2) is 4.98 Å². The SMILES string of the molecule is CCCc1cc(-c2nc3c(s2)C(=O)CC(C)(C)C3)ccc1OCCCOc1ccc2c(c1)CC[C@H]2CC(=O)O. The Morgan fingerprint density at radius 1 is 1.13 bits per heavy atom. The molecular weight excluding hydrogens is 510 g/mol. The number of thiazole rings is 1. The van der Waals surface area contributed by atoms with E-state index in [0.29, 0.717) is 19.6 Å². The van der Waals surface area contributed by atoms with E-state index in [2.05, 4.69) is 32.9 Å². The molecule has 0 amide bonds. The Bertz CT molecular complexity index is 1370. The van der Waals surface area contributed by atoms with Gasteiger partial charge in [0, 0.05) is 18.4 Å². The van der Waals surface area contributed by atoms with Gasteiger partial charge in [-0.2, -0.15) is 0 Å². The van der Waals surface area contributed by atoms with E-state index in [1.165, 1.54) is 16.9 Å². The zero-order valence-electron chi connectivity index (χ0n) is 23.0. The second-order valence-electron chi connectivity index (χ2n) is 11.6. The van der Waals surface area contributed by atoms with Crippen molar-refractivity contribution < 1.29 is 24.2 Å². The number of rotatable bonds is 11. The molecule has 0 saturated carbocycles. The number of aromatic nitrogens is 1. The van der Waals surface area contributed by atoms with Crippen molar-refractivity contribution >= 4 is 23.1 Å². The minimum atomic E-state index is -0.743. The molecular formula is C32H37NO5S. The van der Waals surface area contributed by atoms with Crippen molar-refractivity contribution in [1.29, 1.82) is 0 Å². The molecule has 0 radical (unpaired) electrons. The molecule has 0 spiro atoms. The Balaban J connectivity index is 1.17. The van der Waals surface area contributed by atoms with Crippen LogP contribution in [-0.2, 0) is 24.1 Å². The lowest BCUT2D eigenvalue weighted by atomic mass is 9.78. The number of ether oxygens (including phenoxy) is 2. The molecule has 206 valence electrons. The number of carbonyl (C=O) groups excluding carboxylic acids is 1. The van der Waals surface area contributed by atoms with Gasteiger partial charge < -0.3 is 14.6 Å².